The molecular weight excluding hydrogens is 410 g/mol. The number of thioether (sulfide) groups is 1. The maximum Gasteiger partial charge on any atom is 0.338 e. The first-order valence-corrected chi connectivity index (χ1v) is 10.6. The van der Waals surface area contributed by atoms with Crippen LogP contribution in [-0.4, -0.2) is 35.1 Å². The number of carbonyl (C=O) groups is 3. The SMILES string of the molecule is CCOC(=O)c1ccc(NC(=O)CSc2nc3ccc(NC(C)=O)cc3s2)cc1. The number of esters is 1. The smallest absolute Gasteiger partial charge is 0.338 e. The van der Waals surface area contributed by atoms with Crippen LogP contribution >= 0.6 is 23.1 Å². The van der Waals surface area contributed by atoms with Gasteiger partial charge in [0.1, 0.15) is 0 Å². The van der Waals surface area contributed by atoms with Gasteiger partial charge in [-0.05, 0) is 49.4 Å². The third kappa shape index (κ3) is 5.78. The zero-order chi connectivity index (χ0) is 20.8. The molecule has 0 unspecified atom stereocenters. The summed E-state index contributed by atoms with van der Waals surface area (Å²) in [5.41, 5.74) is 2.58. The zero-order valence-corrected chi connectivity index (χ0v) is 17.5. The van der Waals surface area contributed by atoms with E-state index in [1.54, 1.807) is 37.3 Å². The lowest BCUT2D eigenvalue weighted by Crippen LogP contribution is -2.14. The number of ether oxygens (including phenoxy) is 1. The molecule has 0 atom stereocenters. The van der Waals surface area contributed by atoms with Gasteiger partial charge in [-0.2, -0.15) is 0 Å². The average Bonchev–Trinajstić information content (AvgIpc) is 3.09. The van der Waals surface area contributed by atoms with Gasteiger partial charge < -0.3 is 15.4 Å². The Morgan fingerprint density at radius 1 is 1.07 bits per heavy atom. The van der Waals surface area contributed by atoms with Gasteiger partial charge in [0.25, 0.3) is 0 Å². The van der Waals surface area contributed by atoms with E-state index in [2.05, 4.69) is 15.6 Å². The molecule has 1 heterocycles. The van der Waals surface area contributed by atoms with Gasteiger partial charge in [0.05, 0.1) is 28.1 Å². The van der Waals surface area contributed by atoms with E-state index in [0.717, 1.165) is 14.6 Å². The second kappa shape index (κ2) is 9.53. The number of thiazole rings is 1. The highest BCUT2D eigenvalue weighted by Crippen LogP contribution is 2.31. The molecule has 0 fully saturated rings. The largest absolute Gasteiger partial charge is 0.462 e. The van der Waals surface area contributed by atoms with Gasteiger partial charge in [0.15, 0.2) is 4.34 Å². The van der Waals surface area contributed by atoms with E-state index in [4.69, 9.17) is 4.74 Å². The number of benzene rings is 2. The Labute approximate surface area is 175 Å². The predicted octanol–water partition coefficient (Wildman–Crippen LogP) is 4.16. The molecule has 9 heteroatoms. The monoisotopic (exact) mass is 429 g/mol. The van der Waals surface area contributed by atoms with Crippen LogP contribution in [0.15, 0.2) is 46.8 Å². The molecule has 2 aromatic carbocycles. The van der Waals surface area contributed by atoms with Gasteiger partial charge in [-0.15, -0.1) is 11.3 Å². The van der Waals surface area contributed by atoms with Crippen LogP contribution in [0.3, 0.4) is 0 Å². The molecule has 1 aromatic heterocycles. The van der Waals surface area contributed by atoms with Crippen LogP contribution < -0.4 is 10.6 Å². The molecule has 0 aliphatic heterocycles. The van der Waals surface area contributed by atoms with Crippen LogP contribution in [-0.2, 0) is 14.3 Å². The van der Waals surface area contributed by atoms with Crippen molar-refractivity contribution in [1.29, 1.82) is 0 Å². The minimum Gasteiger partial charge on any atom is -0.462 e. The van der Waals surface area contributed by atoms with Crippen molar-refractivity contribution in [3.8, 4) is 0 Å². The van der Waals surface area contributed by atoms with Crippen molar-refractivity contribution >= 4 is 62.5 Å². The number of rotatable bonds is 7. The summed E-state index contributed by atoms with van der Waals surface area (Å²) in [4.78, 5) is 39.5. The van der Waals surface area contributed by atoms with Crippen LogP contribution in [0.5, 0.6) is 0 Å². The molecule has 0 saturated carbocycles. The molecule has 0 spiro atoms. The standard InChI is InChI=1S/C20H19N3O4S2/c1-3-27-19(26)13-4-6-14(7-5-13)22-18(25)11-28-20-23-16-9-8-15(21-12(2)24)10-17(16)29-20/h4-10H,3,11H2,1-2H3,(H,21,24)(H,22,25). The molecule has 0 bridgehead atoms. The van der Waals surface area contributed by atoms with Crippen LogP contribution in [0.25, 0.3) is 10.2 Å². The zero-order valence-electron chi connectivity index (χ0n) is 15.9. The molecule has 0 aliphatic carbocycles. The van der Waals surface area contributed by atoms with E-state index < -0.39 is 5.97 Å². The average molecular weight is 430 g/mol. The minimum atomic E-state index is -0.390. The van der Waals surface area contributed by atoms with Crippen molar-refractivity contribution in [3.63, 3.8) is 0 Å². The van der Waals surface area contributed by atoms with Gasteiger partial charge in [0.2, 0.25) is 11.8 Å². The number of hydrogen-bond donors (Lipinski definition) is 2. The number of anilines is 2. The van der Waals surface area contributed by atoms with Crippen LogP contribution in [0, 0.1) is 0 Å². The molecule has 0 saturated heterocycles. The molecule has 3 rings (SSSR count). The summed E-state index contributed by atoms with van der Waals surface area (Å²) in [7, 11) is 0. The normalized spacial score (nSPS) is 10.6. The second-order valence-corrected chi connectivity index (χ2v) is 8.23. The highest BCUT2D eigenvalue weighted by molar-refractivity contribution is 8.01. The lowest BCUT2D eigenvalue weighted by atomic mass is 10.2. The van der Waals surface area contributed by atoms with E-state index >= 15 is 0 Å². The second-order valence-electron chi connectivity index (χ2n) is 5.98. The van der Waals surface area contributed by atoms with Gasteiger partial charge in [0, 0.05) is 18.3 Å². The highest BCUT2D eigenvalue weighted by atomic mass is 32.2. The van der Waals surface area contributed by atoms with Crippen LogP contribution in [0.4, 0.5) is 11.4 Å². The van der Waals surface area contributed by atoms with E-state index in [9.17, 15) is 14.4 Å². The fourth-order valence-electron chi connectivity index (χ4n) is 2.47. The number of aromatic nitrogens is 1. The maximum atomic E-state index is 12.2. The van der Waals surface area contributed by atoms with Crippen molar-refractivity contribution in [1.82, 2.24) is 4.98 Å². The van der Waals surface area contributed by atoms with Gasteiger partial charge >= 0.3 is 5.97 Å². The third-order valence-electron chi connectivity index (χ3n) is 3.70. The Morgan fingerprint density at radius 3 is 2.48 bits per heavy atom. The molecule has 3 aromatic rings. The van der Waals surface area contributed by atoms with E-state index in [-0.39, 0.29) is 17.6 Å². The Bertz CT molecular complexity index is 1050. The quantitative estimate of drug-likeness (QED) is 0.432. The van der Waals surface area contributed by atoms with E-state index in [1.807, 2.05) is 12.1 Å². The molecular formula is C20H19N3O4S2. The molecule has 7 nitrogen and oxygen atoms in total. The van der Waals surface area contributed by atoms with Crippen molar-refractivity contribution in [3.05, 3.63) is 48.0 Å². The first kappa shape index (κ1) is 20.8. The number of amides is 2. The number of nitrogens with one attached hydrogen (secondary N) is 2. The van der Waals surface area contributed by atoms with E-state index in [0.29, 0.717) is 23.5 Å². The fourth-order valence-corrected chi connectivity index (χ4v) is 4.38. The summed E-state index contributed by atoms with van der Waals surface area (Å²) >= 11 is 2.81. The molecule has 2 amide bonds. The Hall–Kier alpha value is -2.91. The topological polar surface area (TPSA) is 97.4 Å². The van der Waals surface area contributed by atoms with Crippen molar-refractivity contribution in [2.75, 3.05) is 23.0 Å². The van der Waals surface area contributed by atoms with Crippen molar-refractivity contribution in [2.45, 2.75) is 18.2 Å². The maximum absolute atomic E-state index is 12.2. The van der Waals surface area contributed by atoms with Crippen LogP contribution in [0.1, 0.15) is 24.2 Å². The summed E-state index contributed by atoms with van der Waals surface area (Å²) in [6, 6.07) is 12.1. The van der Waals surface area contributed by atoms with Crippen molar-refractivity contribution < 1.29 is 19.1 Å². The van der Waals surface area contributed by atoms with Gasteiger partial charge in [-0.25, -0.2) is 9.78 Å². The first-order chi connectivity index (χ1) is 13.9. The summed E-state index contributed by atoms with van der Waals surface area (Å²) in [5.74, 6) is -0.483. The van der Waals surface area contributed by atoms with Gasteiger partial charge in [-0.3, -0.25) is 9.59 Å². The Kier molecular flexibility index (Phi) is 6.84. The summed E-state index contributed by atoms with van der Waals surface area (Å²) in [5, 5.41) is 5.53. The predicted molar refractivity (Wildman–Crippen MR) is 116 cm³/mol. The number of fused-ring (bicyclic) bond motifs is 1. The molecule has 150 valence electrons. The van der Waals surface area contributed by atoms with Crippen molar-refractivity contribution in [2.24, 2.45) is 0 Å². The lowest BCUT2D eigenvalue weighted by Gasteiger charge is -2.06. The summed E-state index contributed by atoms with van der Waals surface area (Å²) in [6.07, 6.45) is 0. The summed E-state index contributed by atoms with van der Waals surface area (Å²) < 4.78 is 6.64. The Balaban J connectivity index is 1.56. The number of carbonyl (C=O) groups excluding carboxylic acids is 3. The third-order valence-corrected chi connectivity index (χ3v) is 5.86. The Morgan fingerprint density at radius 2 is 1.79 bits per heavy atom. The lowest BCUT2D eigenvalue weighted by molar-refractivity contribution is -0.114. The minimum absolute atomic E-state index is 0.129. The molecule has 29 heavy (non-hydrogen) atoms. The number of hydrogen-bond acceptors (Lipinski definition) is 7. The first-order valence-electron chi connectivity index (χ1n) is 8.82. The number of nitrogens with zero attached hydrogens (tertiary/aromatic N) is 1. The van der Waals surface area contributed by atoms with Gasteiger partial charge in [-0.1, -0.05) is 11.8 Å². The fraction of sp³-hybridized carbons (Fsp3) is 0.200. The molecule has 0 aliphatic rings. The summed E-state index contributed by atoms with van der Waals surface area (Å²) in [6.45, 7) is 3.52. The van der Waals surface area contributed by atoms with E-state index in [1.165, 1.54) is 30.0 Å². The molecule has 2 N–H and O–H groups in total. The molecule has 0 radical (unpaired) electrons. The highest BCUT2D eigenvalue weighted by Gasteiger charge is 2.10. The van der Waals surface area contributed by atoms with Crippen LogP contribution in [0.2, 0.25) is 0 Å².